The van der Waals surface area contributed by atoms with Gasteiger partial charge in [-0.05, 0) is 70.7 Å². The summed E-state index contributed by atoms with van der Waals surface area (Å²) >= 11 is 0. The largest absolute Gasteiger partial charge is 0.265 e. The van der Waals surface area contributed by atoms with Crippen molar-refractivity contribution in [3.8, 4) is 0 Å². The molecular formula is C40H44N2Si2. The van der Waals surface area contributed by atoms with Crippen molar-refractivity contribution in [2.75, 3.05) is 0 Å². The molecule has 0 radical (unpaired) electrons. The van der Waals surface area contributed by atoms with Gasteiger partial charge in [0.1, 0.15) is 0 Å². The Kier molecular flexibility index (Phi) is 10.4. The summed E-state index contributed by atoms with van der Waals surface area (Å²) in [6.07, 6.45) is 16.0. The molecule has 0 saturated carbocycles. The molecular weight excluding hydrogens is 565 g/mol. The summed E-state index contributed by atoms with van der Waals surface area (Å²) in [5.74, 6) is 0. The molecule has 0 N–H and O–H groups in total. The number of aromatic nitrogens is 2. The predicted octanol–water partition coefficient (Wildman–Crippen LogP) is 9.96. The van der Waals surface area contributed by atoms with Gasteiger partial charge in [-0.15, -0.1) is 0 Å². The molecule has 0 aliphatic heterocycles. The van der Waals surface area contributed by atoms with Gasteiger partial charge in [-0.2, -0.15) is 0 Å². The molecule has 0 aliphatic rings. The summed E-state index contributed by atoms with van der Waals surface area (Å²) in [5, 5.41) is 0. The highest BCUT2D eigenvalue weighted by Gasteiger charge is 2.24. The second-order valence-corrected chi connectivity index (χ2v) is 23.6. The molecule has 2 nitrogen and oxygen atoms in total. The third kappa shape index (κ3) is 9.97. The SMILES string of the molecule is C[Si](C)(Cc1ccc(/C=C\c2ccncc2)cc1)Cc1cccc(C[Si](C)(C)Cc2ccc(/C=C\c3ccncc3)cc2)c1. The van der Waals surface area contributed by atoms with Gasteiger partial charge in [0.2, 0.25) is 0 Å². The molecule has 4 heteroatoms. The lowest BCUT2D eigenvalue weighted by Crippen LogP contribution is -2.34. The van der Waals surface area contributed by atoms with E-state index in [0.717, 1.165) is 0 Å². The van der Waals surface area contributed by atoms with Crippen LogP contribution in [0.1, 0.15) is 44.5 Å². The van der Waals surface area contributed by atoms with E-state index in [1.54, 1.807) is 0 Å². The maximum absolute atomic E-state index is 4.09. The Hall–Kier alpha value is -4.13. The van der Waals surface area contributed by atoms with Gasteiger partial charge in [0.25, 0.3) is 0 Å². The first-order valence-corrected chi connectivity index (χ1v) is 22.5. The van der Waals surface area contributed by atoms with Crippen LogP contribution in [0.4, 0.5) is 0 Å². The van der Waals surface area contributed by atoms with Crippen LogP contribution in [0.5, 0.6) is 0 Å². The molecule has 3 aromatic carbocycles. The lowest BCUT2D eigenvalue weighted by Gasteiger charge is -2.25. The fraction of sp³-hybridized carbons (Fsp3) is 0.200. The molecule has 0 unspecified atom stereocenters. The summed E-state index contributed by atoms with van der Waals surface area (Å²) in [6.45, 7) is 10.1. The van der Waals surface area contributed by atoms with Crippen LogP contribution < -0.4 is 0 Å². The van der Waals surface area contributed by atoms with E-state index in [2.05, 4.69) is 133 Å². The van der Waals surface area contributed by atoms with E-state index < -0.39 is 16.1 Å². The molecule has 5 rings (SSSR count). The second kappa shape index (κ2) is 14.6. The molecule has 0 saturated heterocycles. The Balaban J connectivity index is 1.15. The molecule has 222 valence electrons. The average molecular weight is 609 g/mol. The van der Waals surface area contributed by atoms with Gasteiger partial charge < -0.3 is 0 Å². The monoisotopic (exact) mass is 608 g/mol. The smallest absolute Gasteiger partial charge is 0.0561 e. The van der Waals surface area contributed by atoms with Crippen LogP contribution in [0, 0.1) is 0 Å². The van der Waals surface area contributed by atoms with Crippen molar-refractivity contribution in [1.29, 1.82) is 0 Å². The van der Waals surface area contributed by atoms with Crippen molar-refractivity contribution in [2.45, 2.75) is 50.4 Å². The Bertz CT molecular complexity index is 1550. The highest BCUT2D eigenvalue weighted by Crippen LogP contribution is 2.23. The van der Waals surface area contributed by atoms with E-state index in [4.69, 9.17) is 0 Å². The quantitative estimate of drug-likeness (QED) is 0.132. The summed E-state index contributed by atoms with van der Waals surface area (Å²) in [6, 6.07) is 40.6. The third-order valence-electron chi connectivity index (χ3n) is 8.03. The van der Waals surface area contributed by atoms with Crippen LogP contribution in [-0.2, 0) is 24.2 Å². The highest BCUT2D eigenvalue weighted by atomic mass is 28.3. The van der Waals surface area contributed by atoms with Crippen LogP contribution in [0.25, 0.3) is 24.3 Å². The Labute approximate surface area is 266 Å². The second-order valence-electron chi connectivity index (χ2n) is 13.6. The number of rotatable bonds is 12. The van der Waals surface area contributed by atoms with Crippen LogP contribution in [0.2, 0.25) is 26.2 Å². The fourth-order valence-electron chi connectivity index (χ4n) is 6.01. The molecule has 0 atom stereocenters. The standard InChI is InChI=1S/C40H44N2Si2/c1-43(2,29-37-16-12-33(13-17-37)8-10-35-20-24-41-25-21-35)31-39-6-5-7-40(28-39)32-44(3,4)30-38-18-14-34(15-19-38)9-11-36-22-26-42-27-23-36/h5-28H,29-32H2,1-4H3/b10-8-,11-9-. The van der Waals surface area contributed by atoms with E-state index in [1.165, 1.54) is 68.7 Å². The molecule has 0 aliphatic carbocycles. The lowest BCUT2D eigenvalue weighted by atomic mass is 10.1. The average Bonchev–Trinajstić information content (AvgIpc) is 3.01. The Morgan fingerprint density at radius 2 is 0.727 bits per heavy atom. The zero-order chi connectivity index (χ0) is 30.8. The molecule has 0 bridgehead atoms. The van der Waals surface area contributed by atoms with E-state index in [9.17, 15) is 0 Å². The molecule has 0 spiro atoms. The van der Waals surface area contributed by atoms with Gasteiger partial charge in [0, 0.05) is 24.8 Å². The van der Waals surface area contributed by atoms with E-state index in [-0.39, 0.29) is 0 Å². The topological polar surface area (TPSA) is 25.8 Å². The van der Waals surface area contributed by atoms with Gasteiger partial charge in [-0.3, -0.25) is 9.97 Å². The fourth-order valence-corrected chi connectivity index (χ4v) is 11.6. The molecule has 44 heavy (non-hydrogen) atoms. The van der Waals surface area contributed by atoms with Crippen LogP contribution in [0.3, 0.4) is 0 Å². The summed E-state index contributed by atoms with van der Waals surface area (Å²) in [7, 11) is -2.94. The van der Waals surface area contributed by atoms with Gasteiger partial charge in [-0.25, -0.2) is 0 Å². The zero-order valence-electron chi connectivity index (χ0n) is 26.6. The van der Waals surface area contributed by atoms with Gasteiger partial charge in [-0.1, -0.05) is 146 Å². The maximum Gasteiger partial charge on any atom is 0.0561 e. The van der Waals surface area contributed by atoms with Crippen molar-refractivity contribution in [2.24, 2.45) is 0 Å². The Morgan fingerprint density at radius 3 is 1.09 bits per heavy atom. The van der Waals surface area contributed by atoms with Gasteiger partial charge in [0.05, 0.1) is 16.1 Å². The number of benzene rings is 3. The minimum atomic E-state index is -1.47. The summed E-state index contributed by atoms with van der Waals surface area (Å²) < 4.78 is 0. The number of hydrogen-bond acceptors (Lipinski definition) is 2. The minimum absolute atomic E-state index is 1.17. The summed E-state index contributed by atoms with van der Waals surface area (Å²) in [5.41, 5.74) is 10.7. The molecule has 0 fully saturated rings. The van der Waals surface area contributed by atoms with E-state index in [0.29, 0.717) is 0 Å². The lowest BCUT2D eigenvalue weighted by molar-refractivity contribution is 1.17. The maximum atomic E-state index is 4.09. The van der Waals surface area contributed by atoms with Gasteiger partial charge >= 0.3 is 0 Å². The van der Waals surface area contributed by atoms with E-state index in [1.807, 2.05) is 49.1 Å². The number of nitrogens with zero attached hydrogens (tertiary/aromatic N) is 2. The molecule has 0 amide bonds. The Morgan fingerprint density at radius 1 is 0.409 bits per heavy atom. The number of hydrogen-bond donors (Lipinski definition) is 0. The van der Waals surface area contributed by atoms with Crippen molar-refractivity contribution in [1.82, 2.24) is 9.97 Å². The zero-order valence-corrected chi connectivity index (χ0v) is 28.6. The van der Waals surface area contributed by atoms with Crippen molar-refractivity contribution in [3.05, 3.63) is 166 Å². The van der Waals surface area contributed by atoms with Crippen LogP contribution in [0.15, 0.2) is 122 Å². The predicted molar refractivity (Wildman–Crippen MR) is 195 cm³/mol. The van der Waals surface area contributed by atoms with Gasteiger partial charge in [0.15, 0.2) is 0 Å². The van der Waals surface area contributed by atoms with Crippen LogP contribution in [-0.4, -0.2) is 26.1 Å². The molecule has 5 aromatic rings. The van der Waals surface area contributed by atoms with Crippen LogP contribution >= 0.6 is 0 Å². The van der Waals surface area contributed by atoms with E-state index >= 15 is 0 Å². The third-order valence-corrected chi connectivity index (χ3v) is 13.5. The van der Waals surface area contributed by atoms with Crippen molar-refractivity contribution < 1.29 is 0 Å². The summed E-state index contributed by atoms with van der Waals surface area (Å²) in [4.78, 5) is 8.19. The van der Waals surface area contributed by atoms with Crippen molar-refractivity contribution >= 4 is 40.5 Å². The first-order chi connectivity index (χ1) is 21.2. The first kappa shape index (κ1) is 31.3. The highest BCUT2D eigenvalue weighted by molar-refractivity contribution is 6.76. The van der Waals surface area contributed by atoms with Crippen molar-refractivity contribution in [3.63, 3.8) is 0 Å². The normalized spacial score (nSPS) is 12.3. The molecule has 2 aromatic heterocycles. The number of pyridine rings is 2. The first-order valence-electron chi connectivity index (χ1n) is 15.6. The molecule has 2 heterocycles. The minimum Gasteiger partial charge on any atom is -0.265 e.